The predicted octanol–water partition coefficient (Wildman–Crippen LogP) is 3.72. The molecule has 0 spiro atoms. The molecule has 0 fully saturated rings. The zero-order valence-corrected chi connectivity index (χ0v) is 22.9. The van der Waals surface area contributed by atoms with E-state index >= 15 is 0 Å². The van der Waals surface area contributed by atoms with Crippen molar-refractivity contribution in [3.05, 3.63) is 53.9 Å². The summed E-state index contributed by atoms with van der Waals surface area (Å²) in [4.78, 5) is 41.5. The van der Waals surface area contributed by atoms with Gasteiger partial charge in [0, 0.05) is 31.7 Å². The van der Waals surface area contributed by atoms with E-state index < -0.39 is 36.3 Å². The molecule has 10 nitrogen and oxygen atoms in total. The molecule has 2 rings (SSSR count). The molecule has 1 aromatic heterocycles. The molecule has 1 N–H and O–H groups in total. The van der Waals surface area contributed by atoms with Crippen molar-refractivity contribution in [1.29, 1.82) is 0 Å². The molecule has 2 aromatic rings. The number of esters is 2. The molecule has 1 amide bonds. The third kappa shape index (κ3) is 9.33. The Hall–Kier alpha value is -3.66. The number of amides is 1. The van der Waals surface area contributed by atoms with Gasteiger partial charge in [0.2, 0.25) is 6.79 Å². The number of ether oxygens (including phenoxy) is 5. The molecule has 1 aromatic carbocycles. The van der Waals surface area contributed by atoms with Crippen molar-refractivity contribution in [2.75, 3.05) is 27.1 Å². The fourth-order valence-electron chi connectivity index (χ4n) is 3.53. The highest BCUT2D eigenvalue weighted by atomic mass is 16.7. The van der Waals surface area contributed by atoms with E-state index in [0.29, 0.717) is 19.6 Å². The number of aromatic nitrogens is 1. The number of hydrogen-bond acceptors (Lipinski definition) is 9. The van der Waals surface area contributed by atoms with Crippen LogP contribution in [0.2, 0.25) is 0 Å². The fourth-order valence-corrected chi connectivity index (χ4v) is 3.53. The Morgan fingerprint density at radius 2 is 1.82 bits per heavy atom. The summed E-state index contributed by atoms with van der Waals surface area (Å²) < 4.78 is 27.1. The molecule has 0 bridgehead atoms. The van der Waals surface area contributed by atoms with Crippen molar-refractivity contribution in [2.45, 2.75) is 59.1 Å². The highest BCUT2D eigenvalue weighted by Crippen LogP contribution is 2.30. The Bertz CT molecular complexity index is 1060. The highest BCUT2D eigenvalue weighted by Gasteiger charge is 2.35. The van der Waals surface area contributed by atoms with E-state index in [9.17, 15) is 14.4 Å². The van der Waals surface area contributed by atoms with Crippen LogP contribution in [0.25, 0.3) is 0 Å². The molecule has 208 valence electrons. The summed E-state index contributed by atoms with van der Waals surface area (Å²) in [6, 6.07) is 11.4. The lowest BCUT2D eigenvalue weighted by molar-refractivity contribution is -0.158. The summed E-state index contributed by atoms with van der Waals surface area (Å²) in [6.07, 6.45) is 2.44. The number of carbonyl (C=O) groups excluding carboxylic acids is 3. The largest absolute Gasteiger partial charge is 0.493 e. The summed E-state index contributed by atoms with van der Waals surface area (Å²) >= 11 is 0. The summed E-state index contributed by atoms with van der Waals surface area (Å²) in [5.41, 5.74) is -0.427. The molecular weight excluding hydrogens is 492 g/mol. The quantitative estimate of drug-likeness (QED) is 0.209. The fraction of sp³-hybridized carbons (Fsp3) is 0.500. The van der Waals surface area contributed by atoms with Crippen LogP contribution < -0.4 is 14.8 Å². The number of methoxy groups -OCH3 is 1. The summed E-state index contributed by atoms with van der Waals surface area (Å²) in [6.45, 7) is 8.77. The maximum Gasteiger partial charge on any atom is 0.331 e. The molecule has 0 radical (unpaired) electrons. The number of hydrogen-bond donors (Lipinski definition) is 1. The molecule has 2 atom stereocenters. The Kier molecular flexibility index (Phi) is 12.0. The first-order chi connectivity index (χ1) is 18.1. The van der Waals surface area contributed by atoms with E-state index in [4.69, 9.17) is 23.7 Å². The first-order valence-corrected chi connectivity index (χ1v) is 12.5. The summed E-state index contributed by atoms with van der Waals surface area (Å²) in [7, 11) is 1.40. The van der Waals surface area contributed by atoms with Crippen LogP contribution in [0.5, 0.6) is 11.5 Å². The first kappa shape index (κ1) is 30.6. The number of nitrogens with zero attached hydrogens (tertiary/aromatic N) is 1. The topological polar surface area (TPSA) is 122 Å². The minimum atomic E-state index is -1.40. The Labute approximate surface area is 224 Å². The molecule has 0 aliphatic carbocycles. The Balaban J connectivity index is 2.13. The third-order valence-corrected chi connectivity index (χ3v) is 5.68. The standard InChI is InChI=1S/C28H38N2O8/c1-7-15-35-17-22(16-21-11-9-8-10-12-21)19(2)38-27(33)28(4,5)30-26(32)24-25(37-18-36-20(3)31)23(34-6)13-14-29-24/h8-14,19,22H,7,15-18H2,1-6H3,(H,30,32)/t19-,22+/m0/s1. The number of pyridine rings is 1. The first-order valence-electron chi connectivity index (χ1n) is 12.5. The van der Waals surface area contributed by atoms with Gasteiger partial charge in [-0.15, -0.1) is 0 Å². The maximum absolute atomic E-state index is 13.2. The summed E-state index contributed by atoms with van der Waals surface area (Å²) in [5.74, 6) is -1.76. The third-order valence-electron chi connectivity index (χ3n) is 5.68. The second kappa shape index (κ2) is 14.9. The molecular formula is C28H38N2O8. The second-order valence-electron chi connectivity index (χ2n) is 9.30. The minimum absolute atomic E-state index is 0.0257. The predicted molar refractivity (Wildman–Crippen MR) is 140 cm³/mol. The van der Waals surface area contributed by atoms with Gasteiger partial charge >= 0.3 is 11.9 Å². The van der Waals surface area contributed by atoms with Crippen molar-refractivity contribution in [2.24, 2.45) is 5.92 Å². The van der Waals surface area contributed by atoms with Gasteiger partial charge in [-0.2, -0.15) is 0 Å². The summed E-state index contributed by atoms with van der Waals surface area (Å²) in [5, 5.41) is 2.66. The average molecular weight is 531 g/mol. The van der Waals surface area contributed by atoms with Crippen molar-refractivity contribution >= 4 is 17.8 Å². The minimum Gasteiger partial charge on any atom is -0.493 e. The van der Waals surface area contributed by atoms with E-state index in [1.807, 2.05) is 44.2 Å². The van der Waals surface area contributed by atoms with E-state index in [1.165, 1.54) is 26.3 Å². The second-order valence-corrected chi connectivity index (χ2v) is 9.30. The van der Waals surface area contributed by atoms with Gasteiger partial charge in [-0.1, -0.05) is 37.3 Å². The van der Waals surface area contributed by atoms with Crippen molar-refractivity contribution < 1.29 is 38.1 Å². The van der Waals surface area contributed by atoms with E-state index in [1.54, 1.807) is 13.8 Å². The van der Waals surface area contributed by atoms with E-state index in [2.05, 4.69) is 10.3 Å². The lowest BCUT2D eigenvalue weighted by atomic mass is 9.95. The molecule has 0 unspecified atom stereocenters. The Morgan fingerprint density at radius 1 is 1.11 bits per heavy atom. The van der Waals surface area contributed by atoms with Crippen LogP contribution in [0, 0.1) is 5.92 Å². The van der Waals surface area contributed by atoms with Crippen molar-refractivity contribution in [1.82, 2.24) is 10.3 Å². The maximum atomic E-state index is 13.2. The molecule has 0 aliphatic rings. The molecule has 10 heteroatoms. The highest BCUT2D eigenvalue weighted by molar-refractivity contribution is 5.99. The van der Waals surface area contributed by atoms with Gasteiger partial charge in [0.25, 0.3) is 5.91 Å². The number of rotatable bonds is 15. The molecule has 0 aliphatic heterocycles. The zero-order chi connectivity index (χ0) is 28.1. The van der Waals surface area contributed by atoms with E-state index in [-0.39, 0.29) is 23.1 Å². The normalized spacial score (nSPS) is 12.7. The molecule has 0 saturated heterocycles. The van der Waals surface area contributed by atoms with Crippen LogP contribution in [-0.4, -0.2) is 61.6 Å². The van der Waals surface area contributed by atoms with Crippen LogP contribution in [0.4, 0.5) is 0 Å². The lowest BCUT2D eigenvalue weighted by Crippen LogP contribution is -2.52. The van der Waals surface area contributed by atoms with Crippen LogP contribution in [0.3, 0.4) is 0 Å². The number of benzene rings is 1. The Morgan fingerprint density at radius 3 is 2.45 bits per heavy atom. The van der Waals surface area contributed by atoms with Crippen molar-refractivity contribution in [3.63, 3.8) is 0 Å². The molecule has 1 heterocycles. The van der Waals surface area contributed by atoms with Gasteiger partial charge in [-0.05, 0) is 39.2 Å². The molecule has 38 heavy (non-hydrogen) atoms. The van der Waals surface area contributed by atoms with Crippen LogP contribution in [-0.2, 0) is 30.2 Å². The van der Waals surface area contributed by atoms with E-state index in [0.717, 1.165) is 12.0 Å². The van der Waals surface area contributed by atoms with Crippen LogP contribution >= 0.6 is 0 Å². The van der Waals surface area contributed by atoms with Gasteiger partial charge < -0.3 is 29.0 Å². The van der Waals surface area contributed by atoms with Crippen molar-refractivity contribution in [3.8, 4) is 11.5 Å². The molecule has 0 saturated carbocycles. The zero-order valence-electron chi connectivity index (χ0n) is 22.9. The van der Waals surface area contributed by atoms with Gasteiger partial charge in [-0.3, -0.25) is 9.59 Å². The SMILES string of the molecule is CCCOC[C@@H](Cc1ccccc1)[C@H](C)OC(=O)C(C)(C)NC(=O)c1nccc(OC)c1OCOC(C)=O. The van der Waals surface area contributed by atoms with Gasteiger partial charge in [0.15, 0.2) is 17.2 Å². The van der Waals surface area contributed by atoms with Gasteiger partial charge in [-0.25, -0.2) is 9.78 Å². The average Bonchev–Trinajstić information content (AvgIpc) is 2.88. The monoisotopic (exact) mass is 530 g/mol. The smallest absolute Gasteiger partial charge is 0.331 e. The van der Waals surface area contributed by atoms with Crippen LogP contribution in [0.1, 0.15) is 57.1 Å². The van der Waals surface area contributed by atoms with Gasteiger partial charge in [0.05, 0.1) is 13.7 Å². The number of carbonyl (C=O) groups is 3. The van der Waals surface area contributed by atoms with Gasteiger partial charge in [0.1, 0.15) is 11.6 Å². The van der Waals surface area contributed by atoms with Crippen LogP contribution in [0.15, 0.2) is 42.6 Å². The lowest BCUT2D eigenvalue weighted by Gasteiger charge is -2.30. The number of nitrogens with one attached hydrogen (secondary N) is 1.